The van der Waals surface area contributed by atoms with Crippen molar-refractivity contribution >= 4 is 46.7 Å². The molecule has 1 aliphatic carbocycles. The highest BCUT2D eigenvalue weighted by molar-refractivity contribution is 6.24. The summed E-state index contributed by atoms with van der Waals surface area (Å²) in [6.07, 6.45) is 2.43. The highest BCUT2D eigenvalue weighted by atomic mass is 16.6. The first-order chi connectivity index (χ1) is 17.2. The largest absolute Gasteiger partial charge is 0.454 e. The number of nitro benzene ring substituents is 1. The maximum absolute atomic E-state index is 13.3. The van der Waals surface area contributed by atoms with Gasteiger partial charge in [0.1, 0.15) is 17.6 Å². The van der Waals surface area contributed by atoms with Crippen LogP contribution in [-0.4, -0.2) is 58.1 Å². The molecule has 2 aromatic rings. The molecule has 1 spiro atoms. The zero-order valence-corrected chi connectivity index (χ0v) is 18.9. The van der Waals surface area contributed by atoms with Crippen LogP contribution in [0, 0.1) is 10.1 Å². The third-order valence-corrected chi connectivity index (χ3v) is 6.74. The van der Waals surface area contributed by atoms with Crippen LogP contribution >= 0.6 is 0 Å². The van der Waals surface area contributed by atoms with Crippen molar-refractivity contribution in [1.29, 1.82) is 0 Å². The molecule has 0 unspecified atom stereocenters. The Morgan fingerprint density at radius 2 is 1.75 bits per heavy atom. The molecular formula is C24H20N4O8. The summed E-state index contributed by atoms with van der Waals surface area (Å²) in [4.78, 5) is 76.4. The maximum Gasteiger partial charge on any atom is 0.326 e. The molecule has 2 aromatic carbocycles. The number of benzene rings is 2. The lowest BCUT2D eigenvalue weighted by molar-refractivity contribution is -0.385. The van der Waals surface area contributed by atoms with E-state index in [2.05, 4.69) is 5.32 Å². The number of hydrogen-bond donors (Lipinski definition) is 1. The number of anilines is 2. The molecule has 5 rings (SSSR count). The smallest absolute Gasteiger partial charge is 0.326 e. The van der Waals surface area contributed by atoms with Gasteiger partial charge in [0.05, 0.1) is 21.9 Å². The number of fused-ring (bicyclic) bond motifs is 2. The number of carbonyl (C=O) groups excluding carboxylic acids is 5. The standard InChI is InChI=1S/C24H20N4O8/c29-18(27-16-8-2-1-7-15(16)25-23(33)24(27)10-3-4-11-24)13-36-19(30)12-26-21(31)14-6-5-9-17(28(34)35)20(14)22(26)32/h1-2,5-9H,3-4,10-13H2,(H,25,33). The van der Waals surface area contributed by atoms with E-state index in [0.717, 1.165) is 18.9 Å². The van der Waals surface area contributed by atoms with Crippen LogP contribution < -0.4 is 10.2 Å². The molecule has 0 saturated heterocycles. The third-order valence-electron chi connectivity index (χ3n) is 6.74. The summed E-state index contributed by atoms with van der Waals surface area (Å²) in [6.45, 7) is -1.54. The first kappa shape index (κ1) is 23.1. The maximum atomic E-state index is 13.3. The zero-order chi connectivity index (χ0) is 25.6. The number of hydrogen-bond acceptors (Lipinski definition) is 8. The Bertz CT molecular complexity index is 1350. The molecule has 12 heteroatoms. The Morgan fingerprint density at radius 3 is 2.47 bits per heavy atom. The van der Waals surface area contributed by atoms with Crippen LogP contribution in [0.25, 0.3) is 0 Å². The molecule has 0 aromatic heterocycles. The van der Waals surface area contributed by atoms with Crippen molar-refractivity contribution in [2.45, 2.75) is 31.2 Å². The predicted octanol–water partition coefficient (Wildman–Crippen LogP) is 2.03. The fourth-order valence-electron chi connectivity index (χ4n) is 5.12. The summed E-state index contributed by atoms with van der Waals surface area (Å²) in [6, 6.07) is 10.4. The van der Waals surface area contributed by atoms with Gasteiger partial charge in [0.15, 0.2) is 6.61 Å². The Kier molecular flexibility index (Phi) is 5.50. The van der Waals surface area contributed by atoms with Gasteiger partial charge in [-0.05, 0) is 31.0 Å². The molecule has 1 N–H and O–H groups in total. The van der Waals surface area contributed by atoms with Crippen LogP contribution in [0.15, 0.2) is 42.5 Å². The number of nitrogens with zero attached hydrogens (tertiary/aromatic N) is 3. The second-order valence-electron chi connectivity index (χ2n) is 8.75. The van der Waals surface area contributed by atoms with Gasteiger partial charge in [-0.15, -0.1) is 0 Å². The van der Waals surface area contributed by atoms with E-state index in [1.165, 1.54) is 17.0 Å². The lowest BCUT2D eigenvalue weighted by Crippen LogP contribution is -2.61. The number of nitrogens with one attached hydrogen (secondary N) is 1. The fraction of sp³-hybridized carbons (Fsp3) is 0.292. The number of nitro groups is 1. The molecule has 1 saturated carbocycles. The van der Waals surface area contributed by atoms with Crippen LogP contribution in [0.4, 0.5) is 17.1 Å². The number of imide groups is 1. The minimum atomic E-state index is -1.08. The van der Waals surface area contributed by atoms with Crippen LogP contribution in [0.1, 0.15) is 46.4 Å². The van der Waals surface area contributed by atoms with Crippen LogP contribution in [0.2, 0.25) is 0 Å². The average Bonchev–Trinajstić information content (AvgIpc) is 3.43. The van der Waals surface area contributed by atoms with E-state index < -0.39 is 58.6 Å². The van der Waals surface area contributed by atoms with Crippen LogP contribution in [-0.2, 0) is 19.1 Å². The van der Waals surface area contributed by atoms with Gasteiger partial charge in [0.25, 0.3) is 29.3 Å². The number of amides is 4. The van der Waals surface area contributed by atoms with Crippen LogP contribution in [0.5, 0.6) is 0 Å². The predicted molar refractivity (Wildman–Crippen MR) is 123 cm³/mol. The quantitative estimate of drug-likeness (QED) is 0.288. The van der Waals surface area contributed by atoms with Gasteiger partial charge < -0.3 is 10.1 Å². The molecule has 3 aliphatic rings. The molecule has 2 aliphatic heterocycles. The van der Waals surface area contributed by atoms with Gasteiger partial charge in [-0.25, -0.2) is 0 Å². The van der Waals surface area contributed by atoms with Gasteiger partial charge >= 0.3 is 5.97 Å². The van der Waals surface area contributed by atoms with E-state index >= 15 is 0 Å². The topological polar surface area (TPSA) is 156 Å². The summed E-state index contributed by atoms with van der Waals surface area (Å²) < 4.78 is 5.10. The molecule has 184 valence electrons. The van der Waals surface area contributed by atoms with Crippen molar-refractivity contribution in [2.24, 2.45) is 0 Å². The minimum absolute atomic E-state index is 0.183. The van der Waals surface area contributed by atoms with Gasteiger partial charge in [-0.2, -0.15) is 0 Å². The summed E-state index contributed by atoms with van der Waals surface area (Å²) in [5.41, 5.74) is -1.24. The fourth-order valence-corrected chi connectivity index (χ4v) is 5.12. The summed E-state index contributed by atoms with van der Waals surface area (Å²) in [5.74, 6) is -3.82. The summed E-state index contributed by atoms with van der Waals surface area (Å²) >= 11 is 0. The molecule has 2 heterocycles. The Hall–Kier alpha value is -4.61. The van der Waals surface area contributed by atoms with E-state index in [1.54, 1.807) is 24.3 Å². The van der Waals surface area contributed by atoms with Crippen molar-refractivity contribution in [1.82, 2.24) is 4.90 Å². The van der Waals surface area contributed by atoms with Crippen LogP contribution in [0.3, 0.4) is 0 Å². The molecule has 1 fully saturated rings. The normalized spacial score (nSPS) is 17.6. The van der Waals surface area contributed by atoms with Crippen molar-refractivity contribution < 1.29 is 33.6 Å². The molecule has 36 heavy (non-hydrogen) atoms. The lowest BCUT2D eigenvalue weighted by atomic mass is 9.90. The number of carbonyl (C=O) groups is 5. The van der Waals surface area contributed by atoms with Crippen molar-refractivity contribution in [3.8, 4) is 0 Å². The number of ether oxygens (including phenoxy) is 1. The van der Waals surface area contributed by atoms with Crippen molar-refractivity contribution in [3.05, 3.63) is 63.7 Å². The number of rotatable bonds is 5. The Morgan fingerprint density at radius 1 is 1.03 bits per heavy atom. The molecule has 12 nitrogen and oxygen atoms in total. The molecule has 0 bridgehead atoms. The van der Waals surface area contributed by atoms with E-state index in [9.17, 15) is 34.1 Å². The second-order valence-corrected chi connectivity index (χ2v) is 8.75. The van der Waals surface area contributed by atoms with Gasteiger partial charge in [-0.1, -0.05) is 31.0 Å². The summed E-state index contributed by atoms with van der Waals surface area (Å²) in [7, 11) is 0. The minimum Gasteiger partial charge on any atom is -0.454 e. The second kappa shape index (κ2) is 8.56. The third kappa shape index (κ3) is 3.49. The zero-order valence-electron chi connectivity index (χ0n) is 18.9. The van der Waals surface area contributed by atoms with E-state index in [4.69, 9.17) is 4.74 Å². The Balaban J connectivity index is 1.31. The SMILES string of the molecule is O=C(CN1C(=O)c2cccc([N+](=O)[O-])c2C1=O)OCC(=O)N1c2ccccc2NC(=O)C12CCCC2. The van der Waals surface area contributed by atoms with E-state index in [0.29, 0.717) is 29.1 Å². The lowest BCUT2D eigenvalue weighted by Gasteiger charge is -2.44. The van der Waals surface area contributed by atoms with Crippen molar-refractivity contribution in [2.75, 3.05) is 23.4 Å². The monoisotopic (exact) mass is 492 g/mol. The van der Waals surface area contributed by atoms with Crippen molar-refractivity contribution in [3.63, 3.8) is 0 Å². The molecule has 0 atom stereocenters. The molecular weight excluding hydrogens is 472 g/mol. The average molecular weight is 492 g/mol. The highest BCUT2D eigenvalue weighted by Gasteiger charge is 2.52. The van der Waals surface area contributed by atoms with Gasteiger partial charge in [-0.3, -0.25) is 43.9 Å². The Labute approximate surface area is 203 Å². The molecule has 4 amide bonds. The van der Waals surface area contributed by atoms with E-state index in [1.807, 2.05) is 0 Å². The number of esters is 1. The first-order valence-corrected chi connectivity index (χ1v) is 11.3. The highest BCUT2D eigenvalue weighted by Crippen LogP contribution is 2.45. The van der Waals surface area contributed by atoms with Gasteiger partial charge in [0.2, 0.25) is 0 Å². The van der Waals surface area contributed by atoms with Gasteiger partial charge in [0, 0.05) is 6.07 Å². The summed E-state index contributed by atoms with van der Waals surface area (Å²) in [5, 5.41) is 14.1. The molecule has 0 radical (unpaired) electrons. The first-order valence-electron chi connectivity index (χ1n) is 11.3. The number of para-hydroxylation sites is 2. The van der Waals surface area contributed by atoms with E-state index in [-0.39, 0.29) is 11.5 Å².